The predicted octanol–water partition coefficient (Wildman–Crippen LogP) is 1.51. The number of piperidine rings is 1. The van der Waals surface area contributed by atoms with E-state index in [9.17, 15) is 4.79 Å². The molecule has 0 bridgehead atoms. The molecule has 0 aromatic heterocycles. The van der Waals surface area contributed by atoms with E-state index in [1.807, 2.05) is 6.92 Å². The van der Waals surface area contributed by atoms with E-state index in [1.54, 1.807) is 6.08 Å². The molecular formula is C13H23N3O. The molecule has 4 nitrogen and oxygen atoms in total. The van der Waals surface area contributed by atoms with Crippen molar-refractivity contribution in [3.8, 4) is 0 Å². The Hall–Kier alpha value is -1.29. The fourth-order valence-corrected chi connectivity index (χ4v) is 2.02. The molecule has 0 saturated carbocycles. The first kappa shape index (κ1) is 13.8. The van der Waals surface area contributed by atoms with Crippen LogP contribution in [0.2, 0.25) is 0 Å². The number of urea groups is 1. The smallest absolute Gasteiger partial charge is 0.315 e. The van der Waals surface area contributed by atoms with Gasteiger partial charge in [-0.25, -0.2) is 4.79 Å². The minimum Gasteiger partial charge on any atom is -0.335 e. The van der Waals surface area contributed by atoms with Crippen LogP contribution in [0.25, 0.3) is 0 Å². The fourth-order valence-electron chi connectivity index (χ4n) is 2.02. The molecule has 2 amide bonds. The first-order valence-corrected chi connectivity index (χ1v) is 6.14. The van der Waals surface area contributed by atoms with Crippen LogP contribution in [0.1, 0.15) is 19.8 Å². The highest BCUT2D eigenvalue weighted by atomic mass is 16.2. The Balaban J connectivity index is 2.20. The van der Waals surface area contributed by atoms with Crippen LogP contribution in [0.5, 0.6) is 0 Å². The van der Waals surface area contributed by atoms with Crippen LogP contribution in [0.4, 0.5) is 4.79 Å². The van der Waals surface area contributed by atoms with Crippen molar-refractivity contribution in [2.75, 3.05) is 26.2 Å². The zero-order valence-corrected chi connectivity index (χ0v) is 10.7. The third kappa shape index (κ3) is 5.54. The monoisotopic (exact) mass is 237 g/mol. The quantitative estimate of drug-likeness (QED) is 0.712. The van der Waals surface area contributed by atoms with E-state index in [4.69, 9.17) is 0 Å². The van der Waals surface area contributed by atoms with Gasteiger partial charge in [-0.2, -0.15) is 0 Å². The Morgan fingerprint density at radius 2 is 2.12 bits per heavy atom. The first-order chi connectivity index (χ1) is 8.11. The molecule has 1 aliphatic heterocycles. The summed E-state index contributed by atoms with van der Waals surface area (Å²) in [6.07, 6.45) is 3.69. The van der Waals surface area contributed by atoms with Gasteiger partial charge in [0.15, 0.2) is 0 Å². The highest BCUT2D eigenvalue weighted by molar-refractivity contribution is 5.74. The lowest BCUT2D eigenvalue weighted by molar-refractivity contribution is 0.202. The third-order valence-electron chi connectivity index (χ3n) is 2.82. The molecule has 1 heterocycles. The van der Waals surface area contributed by atoms with Gasteiger partial charge in [-0.3, -0.25) is 4.90 Å². The predicted molar refractivity (Wildman–Crippen MR) is 71.0 cm³/mol. The summed E-state index contributed by atoms with van der Waals surface area (Å²) in [5, 5.41) is 5.71. The van der Waals surface area contributed by atoms with E-state index in [2.05, 4.69) is 28.7 Å². The molecule has 4 heteroatoms. The highest BCUT2D eigenvalue weighted by Crippen LogP contribution is 2.11. The summed E-state index contributed by atoms with van der Waals surface area (Å²) in [6.45, 7) is 13.1. The Kier molecular flexibility index (Phi) is 5.77. The van der Waals surface area contributed by atoms with Gasteiger partial charge in [-0.15, -0.1) is 6.58 Å². The van der Waals surface area contributed by atoms with Crippen LogP contribution in [-0.2, 0) is 0 Å². The van der Waals surface area contributed by atoms with Gasteiger partial charge in [0.05, 0.1) is 0 Å². The first-order valence-electron chi connectivity index (χ1n) is 6.14. The van der Waals surface area contributed by atoms with E-state index < -0.39 is 0 Å². The van der Waals surface area contributed by atoms with Gasteiger partial charge in [-0.1, -0.05) is 18.2 Å². The van der Waals surface area contributed by atoms with Crippen LogP contribution in [-0.4, -0.2) is 43.2 Å². The van der Waals surface area contributed by atoms with E-state index in [-0.39, 0.29) is 6.03 Å². The summed E-state index contributed by atoms with van der Waals surface area (Å²) < 4.78 is 0. The average molecular weight is 237 g/mol. The van der Waals surface area contributed by atoms with E-state index >= 15 is 0 Å². The molecule has 0 unspecified atom stereocenters. The summed E-state index contributed by atoms with van der Waals surface area (Å²) in [5.41, 5.74) is 1.19. The molecule has 17 heavy (non-hydrogen) atoms. The molecule has 96 valence electrons. The largest absolute Gasteiger partial charge is 0.335 e. The van der Waals surface area contributed by atoms with Gasteiger partial charge in [-0.05, 0) is 19.8 Å². The Labute approximate surface area is 104 Å². The lowest BCUT2D eigenvalue weighted by Crippen LogP contribution is -2.48. The SMILES string of the molecule is C=CCNC(=O)NC1CCN(CC(=C)C)CC1. The molecule has 0 radical (unpaired) electrons. The Bertz CT molecular complexity index is 280. The number of carbonyl (C=O) groups is 1. The highest BCUT2D eigenvalue weighted by Gasteiger charge is 2.19. The number of nitrogens with zero attached hydrogens (tertiary/aromatic N) is 1. The summed E-state index contributed by atoms with van der Waals surface area (Å²) in [7, 11) is 0. The van der Waals surface area contributed by atoms with Crippen LogP contribution < -0.4 is 10.6 Å². The normalized spacial score (nSPS) is 17.5. The number of rotatable bonds is 5. The standard InChI is InChI=1S/C13H23N3O/c1-4-7-14-13(17)15-12-5-8-16(9-6-12)10-11(2)3/h4,12H,1-2,5-10H2,3H3,(H2,14,15,17). The molecule has 2 N–H and O–H groups in total. The molecule has 1 fully saturated rings. The topological polar surface area (TPSA) is 44.4 Å². The van der Waals surface area contributed by atoms with Crippen molar-refractivity contribution in [2.24, 2.45) is 0 Å². The zero-order chi connectivity index (χ0) is 12.7. The molecule has 0 atom stereocenters. The van der Waals surface area contributed by atoms with Gasteiger partial charge in [0.25, 0.3) is 0 Å². The van der Waals surface area contributed by atoms with E-state index in [1.165, 1.54) is 5.57 Å². The van der Waals surface area contributed by atoms with Gasteiger partial charge >= 0.3 is 6.03 Å². The summed E-state index contributed by atoms with van der Waals surface area (Å²) in [6, 6.07) is 0.199. The molecule has 0 aromatic rings. The number of likely N-dealkylation sites (tertiary alicyclic amines) is 1. The summed E-state index contributed by atoms with van der Waals surface area (Å²) in [4.78, 5) is 13.8. The van der Waals surface area contributed by atoms with E-state index in [0.29, 0.717) is 12.6 Å². The maximum Gasteiger partial charge on any atom is 0.315 e. The summed E-state index contributed by atoms with van der Waals surface area (Å²) in [5.74, 6) is 0. The third-order valence-corrected chi connectivity index (χ3v) is 2.82. The fraction of sp³-hybridized carbons (Fsp3) is 0.615. The minimum absolute atomic E-state index is 0.0942. The molecule has 1 saturated heterocycles. The van der Waals surface area contributed by atoms with Crippen LogP contribution >= 0.6 is 0 Å². The number of nitrogens with one attached hydrogen (secondary N) is 2. The van der Waals surface area contributed by atoms with Crippen LogP contribution in [0.3, 0.4) is 0 Å². The van der Waals surface area contributed by atoms with Gasteiger partial charge in [0, 0.05) is 32.2 Å². The van der Waals surface area contributed by atoms with Gasteiger partial charge in [0.1, 0.15) is 0 Å². The lowest BCUT2D eigenvalue weighted by Gasteiger charge is -2.32. The van der Waals surface area contributed by atoms with Crippen LogP contribution in [0.15, 0.2) is 24.8 Å². The molecule has 0 spiro atoms. The number of amides is 2. The number of hydrogen-bond donors (Lipinski definition) is 2. The van der Waals surface area contributed by atoms with Crippen molar-refractivity contribution in [3.63, 3.8) is 0 Å². The van der Waals surface area contributed by atoms with Crippen molar-refractivity contribution >= 4 is 6.03 Å². The van der Waals surface area contributed by atoms with Crippen molar-refractivity contribution < 1.29 is 4.79 Å². The molecule has 0 aliphatic carbocycles. The zero-order valence-electron chi connectivity index (χ0n) is 10.7. The second-order valence-corrected chi connectivity index (χ2v) is 4.65. The Morgan fingerprint density at radius 1 is 1.47 bits per heavy atom. The molecule has 0 aromatic carbocycles. The Morgan fingerprint density at radius 3 is 2.65 bits per heavy atom. The molecule has 1 rings (SSSR count). The number of carbonyl (C=O) groups excluding carboxylic acids is 1. The van der Waals surface area contributed by atoms with Crippen molar-refractivity contribution in [2.45, 2.75) is 25.8 Å². The second-order valence-electron chi connectivity index (χ2n) is 4.65. The maximum atomic E-state index is 11.4. The second kappa shape index (κ2) is 7.12. The number of hydrogen-bond acceptors (Lipinski definition) is 2. The minimum atomic E-state index is -0.0942. The summed E-state index contributed by atoms with van der Waals surface area (Å²) >= 11 is 0. The average Bonchev–Trinajstić information content (AvgIpc) is 2.28. The van der Waals surface area contributed by atoms with Gasteiger partial charge < -0.3 is 10.6 Å². The van der Waals surface area contributed by atoms with Crippen molar-refractivity contribution in [3.05, 3.63) is 24.8 Å². The van der Waals surface area contributed by atoms with Crippen LogP contribution in [0, 0.1) is 0 Å². The van der Waals surface area contributed by atoms with E-state index in [0.717, 1.165) is 32.5 Å². The van der Waals surface area contributed by atoms with Crippen molar-refractivity contribution in [1.29, 1.82) is 0 Å². The molecule has 1 aliphatic rings. The maximum absolute atomic E-state index is 11.4. The lowest BCUT2D eigenvalue weighted by atomic mass is 10.0. The molecular weight excluding hydrogens is 214 g/mol. The van der Waals surface area contributed by atoms with Crippen molar-refractivity contribution in [1.82, 2.24) is 15.5 Å². The van der Waals surface area contributed by atoms with Gasteiger partial charge in [0.2, 0.25) is 0 Å².